The maximum absolute atomic E-state index is 12.7. The highest BCUT2D eigenvalue weighted by Gasteiger charge is 2.45. The third-order valence-electron chi connectivity index (χ3n) is 4.83. The highest BCUT2D eigenvalue weighted by molar-refractivity contribution is 5.97. The Kier molecular flexibility index (Phi) is 5.65. The number of piperidine rings is 1. The van der Waals surface area contributed by atoms with Crippen LogP contribution >= 0.6 is 0 Å². The predicted molar refractivity (Wildman–Crippen MR) is 83.8 cm³/mol. The SMILES string of the molecule is CCC1C(=O)N2CCCCC2C(=O)N1CCCCC(C)C. The van der Waals surface area contributed by atoms with E-state index in [1.54, 1.807) is 0 Å². The van der Waals surface area contributed by atoms with E-state index in [-0.39, 0.29) is 23.9 Å². The zero-order chi connectivity index (χ0) is 15.4. The Bertz CT molecular complexity index is 381. The van der Waals surface area contributed by atoms with Gasteiger partial charge in [0.2, 0.25) is 11.8 Å². The summed E-state index contributed by atoms with van der Waals surface area (Å²) in [5.74, 6) is 1.09. The van der Waals surface area contributed by atoms with Gasteiger partial charge in [-0.2, -0.15) is 0 Å². The molecule has 0 aromatic rings. The van der Waals surface area contributed by atoms with Crippen LogP contribution in [0.3, 0.4) is 0 Å². The lowest BCUT2D eigenvalue weighted by molar-refractivity contribution is -0.164. The minimum Gasteiger partial charge on any atom is -0.329 e. The molecule has 0 aromatic carbocycles. The zero-order valence-electron chi connectivity index (χ0n) is 13.8. The van der Waals surface area contributed by atoms with Crippen molar-refractivity contribution >= 4 is 11.8 Å². The molecule has 21 heavy (non-hydrogen) atoms. The van der Waals surface area contributed by atoms with Crippen molar-refractivity contribution in [2.75, 3.05) is 13.1 Å². The van der Waals surface area contributed by atoms with E-state index in [0.717, 1.165) is 51.6 Å². The van der Waals surface area contributed by atoms with Crippen molar-refractivity contribution < 1.29 is 9.59 Å². The van der Waals surface area contributed by atoms with E-state index in [1.807, 2.05) is 16.7 Å². The molecule has 0 aromatic heterocycles. The third-order valence-corrected chi connectivity index (χ3v) is 4.83. The number of fused-ring (bicyclic) bond motifs is 1. The second-order valence-corrected chi connectivity index (χ2v) is 6.89. The number of carbonyl (C=O) groups excluding carboxylic acids is 2. The summed E-state index contributed by atoms with van der Waals surface area (Å²) in [6.45, 7) is 7.99. The molecule has 2 rings (SSSR count). The van der Waals surface area contributed by atoms with Crippen LogP contribution in [-0.4, -0.2) is 46.8 Å². The van der Waals surface area contributed by atoms with Crippen molar-refractivity contribution in [1.82, 2.24) is 9.80 Å². The first-order valence-electron chi connectivity index (χ1n) is 8.67. The van der Waals surface area contributed by atoms with Crippen LogP contribution in [-0.2, 0) is 9.59 Å². The second kappa shape index (κ2) is 7.28. The highest BCUT2D eigenvalue weighted by Crippen LogP contribution is 2.27. The van der Waals surface area contributed by atoms with Crippen molar-refractivity contribution in [2.45, 2.75) is 77.8 Å². The van der Waals surface area contributed by atoms with Gasteiger partial charge in [0.25, 0.3) is 0 Å². The summed E-state index contributed by atoms with van der Waals surface area (Å²) in [5, 5.41) is 0. The van der Waals surface area contributed by atoms with Gasteiger partial charge in [-0.25, -0.2) is 0 Å². The summed E-state index contributed by atoms with van der Waals surface area (Å²) < 4.78 is 0. The average Bonchev–Trinajstić information content (AvgIpc) is 2.48. The van der Waals surface area contributed by atoms with Crippen LogP contribution in [0, 0.1) is 5.92 Å². The number of unbranched alkanes of at least 4 members (excludes halogenated alkanes) is 1. The van der Waals surface area contributed by atoms with Gasteiger partial charge in [0.05, 0.1) is 0 Å². The van der Waals surface area contributed by atoms with Gasteiger partial charge in [-0.05, 0) is 38.0 Å². The monoisotopic (exact) mass is 294 g/mol. The highest BCUT2D eigenvalue weighted by atomic mass is 16.2. The van der Waals surface area contributed by atoms with Crippen molar-refractivity contribution in [3.05, 3.63) is 0 Å². The Balaban J connectivity index is 2.00. The van der Waals surface area contributed by atoms with E-state index in [4.69, 9.17) is 0 Å². The number of rotatable bonds is 6. The Hall–Kier alpha value is -1.06. The lowest BCUT2D eigenvalue weighted by Crippen LogP contribution is -2.65. The molecule has 2 heterocycles. The first-order chi connectivity index (χ1) is 10.1. The fourth-order valence-corrected chi connectivity index (χ4v) is 3.62. The summed E-state index contributed by atoms with van der Waals surface area (Å²) in [6, 6.07) is -0.384. The Morgan fingerprint density at radius 1 is 1.14 bits per heavy atom. The third kappa shape index (κ3) is 3.58. The van der Waals surface area contributed by atoms with Crippen molar-refractivity contribution in [1.29, 1.82) is 0 Å². The number of hydrogen-bond acceptors (Lipinski definition) is 2. The van der Waals surface area contributed by atoms with Gasteiger partial charge in [-0.1, -0.05) is 33.6 Å². The van der Waals surface area contributed by atoms with Crippen molar-refractivity contribution in [3.8, 4) is 0 Å². The maximum Gasteiger partial charge on any atom is 0.246 e. The van der Waals surface area contributed by atoms with Gasteiger partial charge in [0.1, 0.15) is 12.1 Å². The molecule has 2 aliphatic rings. The Labute approximate surface area is 128 Å². The average molecular weight is 294 g/mol. The summed E-state index contributed by atoms with van der Waals surface area (Å²) in [5.41, 5.74) is 0. The second-order valence-electron chi connectivity index (χ2n) is 6.89. The number of piperazine rings is 1. The van der Waals surface area contributed by atoms with Crippen LogP contribution in [0.1, 0.15) is 65.7 Å². The Morgan fingerprint density at radius 3 is 2.57 bits per heavy atom. The molecule has 0 radical (unpaired) electrons. The molecule has 0 aliphatic carbocycles. The fourth-order valence-electron chi connectivity index (χ4n) is 3.62. The molecular formula is C17H30N2O2. The molecule has 2 atom stereocenters. The fraction of sp³-hybridized carbons (Fsp3) is 0.882. The minimum absolute atomic E-state index is 0.167. The molecule has 2 fully saturated rings. The molecule has 2 aliphatic heterocycles. The topological polar surface area (TPSA) is 40.6 Å². The van der Waals surface area contributed by atoms with E-state index in [1.165, 1.54) is 6.42 Å². The molecular weight excluding hydrogens is 264 g/mol. The molecule has 120 valence electrons. The van der Waals surface area contributed by atoms with E-state index in [0.29, 0.717) is 5.92 Å². The van der Waals surface area contributed by atoms with Crippen LogP contribution < -0.4 is 0 Å². The number of hydrogen-bond donors (Lipinski definition) is 0. The molecule has 0 bridgehead atoms. The number of nitrogens with zero attached hydrogens (tertiary/aromatic N) is 2. The van der Waals surface area contributed by atoms with Gasteiger partial charge in [0.15, 0.2) is 0 Å². The normalized spacial score (nSPS) is 26.5. The standard InChI is InChI=1S/C17H30N2O2/c1-4-14-16(20)19-12-8-6-10-15(19)17(21)18(14)11-7-5-9-13(2)3/h13-15H,4-12H2,1-3H3. The molecule has 4 nitrogen and oxygen atoms in total. The van der Waals surface area contributed by atoms with Gasteiger partial charge >= 0.3 is 0 Å². The van der Waals surface area contributed by atoms with Crippen LogP contribution in [0.15, 0.2) is 0 Å². The summed E-state index contributed by atoms with van der Waals surface area (Å²) in [4.78, 5) is 29.1. The molecule has 0 N–H and O–H groups in total. The minimum atomic E-state index is -0.217. The van der Waals surface area contributed by atoms with Crippen molar-refractivity contribution in [2.24, 2.45) is 5.92 Å². The molecule has 0 spiro atoms. The van der Waals surface area contributed by atoms with Gasteiger partial charge in [0, 0.05) is 13.1 Å². The predicted octanol–water partition coefficient (Wildman–Crippen LogP) is 2.81. The number of carbonyl (C=O) groups is 2. The van der Waals surface area contributed by atoms with Crippen LogP contribution in [0.5, 0.6) is 0 Å². The zero-order valence-corrected chi connectivity index (χ0v) is 13.8. The lowest BCUT2D eigenvalue weighted by atomic mass is 9.94. The van der Waals surface area contributed by atoms with Gasteiger partial charge < -0.3 is 9.80 Å². The van der Waals surface area contributed by atoms with E-state index < -0.39 is 0 Å². The largest absolute Gasteiger partial charge is 0.329 e. The van der Waals surface area contributed by atoms with E-state index >= 15 is 0 Å². The van der Waals surface area contributed by atoms with Gasteiger partial charge in [-0.15, -0.1) is 0 Å². The van der Waals surface area contributed by atoms with Gasteiger partial charge in [-0.3, -0.25) is 9.59 Å². The van der Waals surface area contributed by atoms with Crippen LogP contribution in [0.4, 0.5) is 0 Å². The van der Waals surface area contributed by atoms with Crippen molar-refractivity contribution in [3.63, 3.8) is 0 Å². The summed E-state index contributed by atoms with van der Waals surface area (Å²) in [7, 11) is 0. The quantitative estimate of drug-likeness (QED) is 0.707. The summed E-state index contributed by atoms with van der Waals surface area (Å²) >= 11 is 0. The molecule has 2 saturated heterocycles. The summed E-state index contributed by atoms with van der Waals surface area (Å²) in [6.07, 6.45) is 7.04. The number of amides is 2. The first-order valence-corrected chi connectivity index (χ1v) is 8.67. The molecule has 2 amide bonds. The smallest absolute Gasteiger partial charge is 0.246 e. The molecule has 4 heteroatoms. The first kappa shape index (κ1) is 16.3. The van der Waals surface area contributed by atoms with E-state index in [2.05, 4.69) is 13.8 Å². The van der Waals surface area contributed by atoms with Crippen LogP contribution in [0.25, 0.3) is 0 Å². The Morgan fingerprint density at radius 2 is 1.90 bits per heavy atom. The lowest BCUT2D eigenvalue weighted by Gasteiger charge is -2.47. The molecule has 0 saturated carbocycles. The van der Waals surface area contributed by atoms with E-state index in [9.17, 15) is 9.59 Å². The maximum atomic E-state index is 12.7. The molecule has 2 unspecified atom stereocenters. The van der Waals surface area contributed by atoms with Crippen LogP contribution in [0.2, 0.25) is 0 Å².